The first-order valence-corrected chi connectivity index (χ1v) is 7.10. The third kappa shape index (κ3) is 2.48. The molecule has 8 heteroatoms. The lowest BCUT2D eigenvalue weighted by molar-refractivity contribution is 0.0952. The molecule has 1 saturated carbocycles. The predicted octanol–water partition coefficient (Wildman–Crippen LogP) is 0.247. The molecule has 1 atom stereocenters. The number of rotatable bonds is 5. The number of carbonyl (C=O) groups excluding carboxylic acids is 2. The first-order chi connectivity index (χ1) is 10.5. The molecule has 0 radical (unpaired) electrons. The van der Waals surface area contributed by atoms with Gasteiger partial charge in [-0.1, -0.05) is 0 Å². The van der Waals surface area contributed by atoms with Crippen molar-refractivity contribution in [3.63, 3.8) is 0 Å². The van der Waals surface area contributed by atoms with Gasteiger partial charge in [0.25, 0.3) is 11.8 Å². The highest BCUT2D eigenvalue weighted by Gasteiger charge is 2.29. The van der Waals surface area contributed by atoms with E-state index in [0.29, 0.717) is 28.2 Å². The highest BCUT2D eigenvalue weighted by Crippen LogP contribution is 2.35. The molecular weight excluding hydrogens is 284 g/mol. The number of fused-ring (bicyclic) bond motifs is 1. The molecular formula is C14H18N6O2. The summed E-state index contributed by atoms with van der Waals surface area (Å²) in [4.78, 5) is 23.3. The van der Waals surface area contributed by atoms with E-state index in [2.05, 4.69) is 22.8 Å². The van der Waals surface area contributed by atoms with Gasteiger partial charge in [-0.25, -0.2) is 10.4 Å². The van der Waals surface area contributed by atoms with Gasteiger partial charge in [-0.05, 0) is 31.7 Å². The van der Waals surface area contributed by atoms with Crippen molar-refractivity contribution in [3.8, 4) is 0 Å². The molecule has 0 aromatic carbocycles. The number of nitrogens with one attached hydrogen (secondary N) is 2. The molecule has 0 aliphatic heterocycles. The SMILES string of the molecule is C[C@@H](Nc1c(C(N)=O)cnn2cc(C(=O)NN)cc12)C1CC1. The minimum Gasteiger partial charge on any atom is -0.380 e. The van der Waals surface area contributed by atoms with E-state index in [9.17, 15) is 9.59 Å². The van der Waals surface area contributed by atoms with Crippen LogP contribution >= 0.6 is 0 Å². The fraction of sp³-hybridized carbons (Fsp3) is 0.357. The van der Waals surface area contributed by atoms with Gasteiger partial charge in [0, 0.05) is 12.2 Å². The molecule has 22 heavy (non-hydrogen) atoms. The van der Waals surface area contributed by atoms with Crippen molar-refractivity contribution in [1.82, 2.24) is 15.0 Å². The summed E-state index contributed by atoms with van der Waals surface area (Å²) in [7, 11) is 0. The molecule has 2 amide bonds. The number of nitrogens with zero attached hydrogens (tertiary/aromatic N) is 2. The van der Waals surface area contributed by atoms with Crippen LogP contribution in [0.2, 0.25) is 0 Å². The van der Waals surface area contributed by atoms with E-state index in [-0.39, 0.29) is 6.04 Å². The maximum atomic E-state index is 11.7. The van der Waals surface area contributed by atoms with Gasteiger partial charge in [0.15, 0.2) is 0 Å². The first kappa shape index (κ1) is 14.3. The Balaban J connectivity index is 2.10. The maximum absolute atomic E-state index is 11.7. The summed E-state index contributed by atoms with van der Waals surface area (Å²) in [6.07, 6.45) is 5.29. The largest absolute Gasteiger partial charge is 0.380 e. The van der Waals surface area contributed by atoms with Gasteiger partial charge in [0.1, 0.15) is 0 Å². The Labute approximate surface area is 126 Å². The van der Waals surface area contributed by atoms with Crippen LogP contribution in [-0.2, 0) is 0 Å². The van der Waals surface area contributed by atoms with Crippen LogP contribution in [-0.4, -0.2) is 27.5 Å². The average Bonchev–Trinajstić information content (AvgIpc) is 3.25. The maximum Gasteiger partial charge on any atom is 0.266 e. The van der Waals surface area contributed by atoms with Crippen LogP contribution in [0.25, 0.3) is 5.52 Å². The smallest absolute Gasteiger partial charge is 0.266 e. The molecule has 2 aromatic rings. The third-order valence-corrected chi connectivity index (χ3v) is 4.00. The Kier molecular flexibility index (Phi) is 3.45. The van der Waals surface area contributed by atoms with Crippen molar-refractivity contribution in [3.05, 3.63) is 29.6 Å². The van der Waals surface area contributed by atoms with Gasteiger partial charge >= 0.3 is 0 Å². The highest BCUT2D eigenvalue weighted by atomic mass is 16.2. The van der Waals surface area contributed by atoms with E-state index in [1.807, 2.05) is 0 Å². The van der Waals surface area contributed by atoms with Crippen LogP contribution < -0.4 is 22.3 Å². The average molecular weight is 302 g/mol. The number of hydrogen-bond acceptors (Lipinski definition) is 5. The zero-order chi connectivity index (χ0) is 15.9. The summed E-state index contributed by atoms with van der Waals surface area (Å²) in [5.41, 5.74) is 9.39. The van der Waals surface area contributed by atoms with E-state index < -0.39 is 11.8 Å². The number of hydrazine groups is 1. The third-order valence-electron chi connectivity index (χ3n) is 4.00. The van der Waals surface area contributed by atoms with E-state index in [0.717, 1.165) is 0 Å². The molecule has 1 aliphatic carbocycles. The van der Waals surface area contributed by atoms with Gasteiger partial charge in [-0.2, -0.15) is 5.10 Å². The van der Waals surface area contributed by atoms with Gasteiger partial charge in [-0.15, -0.1) is 0 Å². The van der Waals surface area contributed by atoms with Crippen molar-refractivity contribution < 1.29 is 9.59 Å². The monoisotopic (exact) mass is 302 g/mol. The lowest BCUT2D eigenvalue weighted by Gasteiger charge is -2.17. The Bertz CT molecular complexity index is 749. The van der Waals surface area contributed by atoms with Crippen LogP contribution in [0.3, 0.4) is 0 Å². The number of nitrogens with two attached hydrogens (primary N) is 2. The van der Waals surface area contributed by atoms with Gasteiger partial charge < -0.3 is 11.1 Å². The topological polar surface area (TPSA) is 128 Å². The molecule has 0 saturated heterocycles. The quantitative estimate of drug-likeness (QED) is 0.357. The first-order valence-electron chi connectivity index (χ1n) is 7.10. The number of aromatic nitrogens is 2. The van der Waals surface area contributed by atoms with E-state index in [4.69, 9.17) is 11.6 Å². The Morgan fingerprint density at radius 3 is 2.77 bits per heavy atom. The molecule has 0 spiro atoms. The number of nitrogen functional groups attached to an aromatic ring is 1. The molecule has 1 fully saturated rings. The van der Waals surface area contributed by atoms with E-state index in [1.165, 1.54) is 23.6 Å². The zero-order valence-electron chi connectivity index (χ0n) is 12.2. The fourth-order valence-electron chi connectivity index (χ4n) is 2.54. The van der Waals surface area contributed by atoms with Crippen molar-refractivity contribution >= 4 is 23.0 Å². The van der Waals surface area contributed by atoms with E-state index >= 15 is 0 Å². The predicted molar refractivity (Wildman–Crippen MR) is 81.2 cm³/mol. The summed E-state index contributed by atoms with van der Waals surface area (Å²) in [5.74, 6) is 4.76. The van der Waals surface area contributed by atoms with Crippen LogP contribution in [0.5, 0.6) is 0 Å². The summed E-state index contributed by atoms with van der Waals surface area (Å²) < 4.78 is 1.53. The molecule has 1 aliphatic rings. The second kappa shape index (κ2) is 5.30. The van der Waals surface area contributed by atoms with Crippen LogP contribution in [0, 0.1) is 5.92 Å². The molecule has 8 nitrogen and oxygen atoms in total. The Morgan fingerprint density at radius 2 is 2.18 bits per heavy atom. The van der Waals surface area contributed by atoms with Crippen molar-refractivity contribution in [2.45, 2.75) is 25.8 Å². The summed E-state index contributed by atoms with van der Waals surface area (Å²) in [6.45, 7) is 2.07. The molecule has 2 heterocycles. The van der Waals surface area contributed by atoms with Gasteiger partial charge in [0.2, 0.25) is 0 Å². The molecule has 0 unspecified atom stereocenters. The minimum absolute atomic E-state index is 0.214. The van der Waals surface area contributed by atoms with Gasteiger partial charge in [-0.3, -0.25) is 15.0 Å². The molecule has 0 bridgehead atoms. The summed E-state index contributed by atoms with van der Waals surface area (Å²) in [5, 5.41) is 7.47. The van der Waals surface area contributed by atoms with Crippen molar-refractivity contribution in [2.75, 3.05) is 5.32 Å². The van der Waals surface area contributed by atoms with Crippen LogP contribution in [0.4, 0.5) is 5.69 Å². The molecule has 3 rings (SSSR count). The number of carbonyl (C=O) groups is 2. The summed E-state index contributed by atoms with van der Waals surface area (Å²) >= 11 is 0. The molecule has 2 aromatic heterocycles. The second-order valence-electron chi connectivity index (χ2n) is 5.60. The number of anilines is 1. The normalized spacial score (nSPS) is 15.5. The number of amides is 2. The molecule has 116 valence electrons. The highest BCUT2D eigenvalue weighted by molar-refractivity contribution is 6.03. The lowest BCUT2D eigenvalue weighted by Crippen LogP contribution is -2.29. The standard InChI is InChI=1S/C14H18N6O2/c1-7(8-2-3-8)18-12-10(13(15)21)5-17-20-6-9(4-11(12)20)14(22)19-16/h4-8,18H,2-3,16H2,1H3,(H2,15,21)(H,19,22)/t7-/m1/s1. The molecule has 6 N–H and O–H groups in total. The Morgan fingerprint density at radius 1 is 1.45 bits per heavy atom. The number of primary amides is 1. The second-order valence-corrected chi connectivity index (χ2v) is 5.60. The van der Waals surface area contributed by atoms with Crippen molar-refractivity contribution in [2.24, 2.45) is 17.5 Å². The van der Waals surface area contributed by atoms with Gasteiger partial charge in [0.05, 0.1) is 28.5 Å². The van der Waals surface area contributed by atoms with Crippen LogP contribution in [0.15, 0.2) is 18.5 Å². The Hall–Kier alpha value is -2.61. The number of hydrogen-bond donors (Lipinski definition) is 4. The lowest BCUT2D eigenvalue weighted by atomic mass is 10.1. The van der Waals surface area contributed by atoms with Crippen LogP contribution in [0.1, 0.15) is 40.5 Å². The van der Waals surface area contributed by atoms with E-state index in [1.54, 1.807) is 12.3 Å². The fourth-order valence-corrected chi connectivity index (χ4v) is 2.54. The minimum atomic E-state index is -0.563. The summed E-state index contributed by atoms with van der Waals surface area (Å²) in [6, 6.07) is 1.84. The zero-order valence-corrected chi connectivity index (χ0v) is 12.2. The van der Waals surface area contributed by atoms with Crippen molar-refractivity contribution in [1.29, 1.82) is 0 Å².